The number of carbonyl (C=O) groups is 1. The van der Waals surface area contributed by atoms with Crippen molar-refractivity contribution in [3.05, 3.63) is 17.0 Å². The van der Waals surface area contributed by atoms with Crippen molar-refractivity contribution in [2.45, 2.75) is 33.5 Å². The fourth-order valence-corrected chi connectivity index (χ4v) is 1.54. The average molecular weight is 256 g/mol. The molecule has 0 spiro atoms. The van der Waals surface area contributed by atoms with Crippen molar-refractivity contribution in [3.8, 4) is 0 Å². The van der Waals surface area contributed by atoms with Gasteiger partial charge in [0, 0.05) is 13.7 Å². The van der Waals surface area contributed by atoms with Crippen LogP contribution in [0.4, 0.5) is 0 Å². The molecule has 0 radical (unpaired) electrons. The van der Waals surface area contributed by atoms with Gasteiger partial charge in [-0.1, -0.05) is 19.0 Å². The first-order valence-corrected chi connectivity index (χ1v) is 5.91. The minimum Gasteiger partial charge on any atom is -0.388 e. The standard InChI is InChI=1S/C12H20N2O4/c1-7(2)5-13-12(16)11-10(8(3)15)9(6-17-4)18-14-11/h7-8,15H,5-6H2,1-4H3,(H,13,16). The highest BCUT2D eigenvalue weighted by molar-refractivity contribution is 5.93. The second-order valence-corrected chi connectivity index (χ2v) is 4.58. The third-order valence-electron chi connectivity index (χ3n) is 2.38. The largest absolute Gasteiger partial charge is 0.388 e. The number of carbonyl (C=O) groups excluding carboxylic acids is 1. The maximum absolute atomic E-state index is 11.9. The summed E-state index contributed by atoms with van der Waals surface area (Å²) in [6.07, 6.45) is -0.832. The monoisotopic (exact) mass is 256 g/mol. The smallest absolute Gasteiger partial charge is 0.273 e. The van der Waals surface area contributed by atoms with Crippen LogP contribution < -0.4 is 5.32 Å². The van der Waals surface area contributed by atoms with Crippen molar-refractivity contribution in [1.82, 2.24) is 10.5 Å². The summed E-state index contributed by atoms with van der Waals surface area (Å²) in [6, 6.07) is 0. The molecule has 1 unspecified atom stereocenters. The highest BCUT2D eigenvalue weighted by Crippen LogP contribution is 2.22. The third kappa shape index (κ3) is 3.54. The maximum Gasteiger partial charge on any atom is 0.273 e. The summed E-state index contributed by atoms with van der Waals surface area (Å²) >= 11 is 0. The van der Waals surface area contributed by atoms with Crippen molar-refractivity contribution in [3.63, 3.8) is 0 Å². The summed E-state index contributed by atoms with van der Waals surface area (Å²) < 4.78 is 9.96. The van der Waals surface area contributed by atoms with E-state index in [0.717, 1.165) is 0 Å². The lowest BCUT2D eigenvalue weighted by Crippen LogP contribution is -2.28. The Kier molecular flexibility index (Phi) is 5.30. The molecule has 0 saturated heterocycles. The zero-order chi connectivity index (χ0) is 13.7. The summed E-state index contributed by atoms with van der Waals surface area (Å²) in [4.78, 5) is 11.9. The number of aliphatic hydroxyl groups excluding tert-OH is 1. The van der Waals surface area contributed by atoms with E-state index in [2.05, 4.69) is 10.5 Å². The second-order valence-electron chi connectivity index (χ2n) is 4.58. The Morgan fingerprint density at radius 2 is 2.17 bits per heavy atom. The van der Waals surface area contributed by atoms with Crippen LogP contribution in [-0.2, 0) is 11.3 Å². The van der Waals surface area contributed by atoms with Gasteiger partial charge in [-0.15, -0.1) is 0 Å². The summed E-state index contributed by atoms with van der Waals surface area (Å²) in [7, 11) is 1.51. The van der Waals surface area contributed by atoms with Crippen LogP contribution in [-0.4, -0.2) is 29.8 Å². The fraction of sp³-hybridized carbons (Fsp3) is 0.667. The number of aliphatic hydroxyl groups is 1. The molecule has 0 aromatic carbocycles. The van der Waals surface area contributed by atoms with Crippen molar-refractivity contribution < 1.29 is 19.2 Å². The highest BCUT2D eigenvalue weighted by atomic mass is 16.5. The lowest BCUT2D eigenvalue weighted by Gasteiger charge is -2.08. The van der Waals surface area contributed by atoms with Crippen LogP contribution in [0.25, 0.3) is 0 Å². The molecule has 0 saturated carbocycles. The second kappa shape index (κ2) is 6.51. The predicted octanol–water partition coefficient (Wildman–Crippen LogP) is 1.26. The third-order valence-corrected chi connectivity index (χ3v) is 2.38. The van der Waals surface area contributed by atoms with Gasteiger partial charge in [-0.3, -0.25) is 4.79 Å². The summed E-state index contributed by atoms with van der Waals surface area (Å²) in [5.41, 5.74) is 0.510. The van der Waals surface area contributed by atoms with E-state index in [1.165, 1.54) is 7.11 Å². The predicted molar refractivity (Wildman–Crippen MR) is 65.0 cm³/mol. The van der Waals surface area contributed by atoms with Gasteiger partial charge < -0.3 is 19.7 Å². The van der Waals surface area contributed by atoms with E-state index in [4.69, 9.17) is 9.26 Å². The van der Waals surface area contributed by atoms with Crippen LogP contribution in [0.2, 0.25) is 0 Å². The van der Waals surface area contributed by atoms with Gasteiger partial charge in [-0.2, -0.15) is 0 Å². The first-order valence-electron chi connectivity index (χ1n) is 5.91. The van der Waals surface area contributed by atoms with Gasteiger partial charge in [-0.05, 0) is 12.8 Å². The summed E-state index contributed by atoms with van der Waals surface area (Å²) in [6.45, 7) is 6.27. The molecule has 18 heavy (non-hydrogen) atoms. The van der Waals surface area contributed by atoms with Gasteiger partial charge in [0.05, 0.1) is 11.7 Å². The molecular formula is C12H20N2O4. The average Bonchev–Trinajstić information content (AvgIpc) is 2.70. The van der Waals surface area contributed by atoms with Crippen LogP contribution in [0.1, 0.15) is 48.7 Å². The number of rotatable bonds is 6. The summed E-state index contributed by atoms with van der Waals surface area (Å²) in [5, 5.41) is 16.1. The molecule has 1 amide bonds. The normalized spacial score (nSPS) is 12.8. The Bertz CT molecular complexity index is 399. The quantitative estimate of drug-likeness (QED) is 0.800. The van der Waals surface area contributed by atoms with Crippen LogP contribution in [0.5, 0.6) is 0 Å². The number of aromatic nitrogens is 1. The van der Waals surface area contributed by atoms with E-state index in [9.17, 15) is 9.90 Å². The molecule has 2 N–H and O–H groups in total. The number of hydrogen-bond acceptors (Lipinski definition) is 5. The van der Waals surface area contributed by atoms with Gasteiger partial charge in [-0.25, -0.2) is 0 Å². The van der Waals surface area contributed by atoms with Gasteiger partial charge in [0.1, 0.15) is 6.61 Å². The number of methoxy groups -OCH3 is 1. The Balaban J connectivity index is 2.90. The van der Waals surface area contributed by atoms with Crippen molar-refractivity contribution in [1.29, 1.82) is 0 Å². The lowest BCUT2D eigenvalue weighted by molar-refractivity contribution is 0.0934. The molecule has 6 nitrogen and oxygen atoms in total. The molecule has 1 aromatic heterocycles. The maximum atomic E-state index is 11.9. The van der Waals surface area contributed by atoms with E-state index in [0.29, 0.717) is 23.8 Å². The minimum atomic E-state index is -0.832. The van der Waals surface area contributed by atoms with Gasteiger partial charge in [0.15, 0.2) is 11.5 Å². The molecule has 102 valence electrons. The highest BCUT2D eigenvalue weighted by Gasteiger charge is 2.24. The van der Waals surface area contributed by atoms with E-state index in [1.54, 1.807) is 6.92 Å². The van der Waals surface area contributed by atoms with Crippen LogP contribution in [0.15, 0.2) is 4.52 Å². The molecule has 0 bridgehead atoms. The Labute approximate surface area is 106 Å². The number of amides is 1. The number of nitrogens with zero attached hydrogens (tertiary/aromatic N) is 1. The van der Waals surface area contributed by atoms with E-state index in [-0.39, 0.29) is 18.2 Å². The Hall–Kier alpha value is -1.40. The molecule has 1 rings (SSSR count). The van der Waals surface area contributed by atoms with Gasteiger partial charge >= 0.3 is 0 Å². The van der Waals surface area contributed by atoms with Crippen molar-refractivity contribution in [2.24, 2.45) is 5.92 Å². The minimum absolute atomic E-state index is 0.123. The molecular weight excluding hydrogens is 236 g/mol. The molecule has 0 aliphatic heterocycles. The first kappa shape index (κ1) is 14.7. The number of ether oxygens (including phenoxy) is 1. The van der Waals surface area contributed by atoms with E-state index >= 15 is 0 Å². The van der Waals surface area contributed by atoms with Crippen LogP contribution in [0, 0.1) is 5.92 Å². The molecule has 1 aromatic rings. The first-order chi connectivity index (χ1) is 8.47. The molecule has 0 aliphatic rings. The van der Waals surface area contributed by atoms with Crippen LogP contribution >= 0.6 is 0 Å². The fourth-order valence-electron chi connectivity index (χ4n) is 1.54. The SMILES string of the molecule is COCc1onc(C(=O)NCC(C)C)c1C(C)O. The van der Waals surface area contributed by atoms with Gasteiger partial charge in [0.25, 0.3) is 5.91 Å². The Morgan fingerprint density at radius 3 is 2.67 bits per heavy atom. The lowest BCUT2D eigenvalue weighted by atomic mass is 10.1. The molecule has 6 heteroatoms. The summed E-state index contributed by atoms with van der Waals surface area (Å²) in [5.74, 6) is 0.377. The molecule has 1 heterocycles. The van der Waals surface area contributed by atoms with Crippen molar-refractivity contribution >= 4 is 5.91 Å². The topological polar surface area (TPSA) is 84.6 Å². The van der Waals surface area contributed by atoms with Crippen LogP contribution in [0.3, 0.4) is 0 Å². The molecule has 1 atom stereocenters. The number of hydrogen-bond donors (Lipinski definition) is 2. The number of nitrogens with one attached hydrogen (secondary N) is 1. The Morgan fingerprint density at radius 1 is 1.50 bits per heavy atom. The zero-order valence-electron chi connectivity index (χ0n) is 11.2. The zero-order valence-corrected chi connectivity index (χ0v) is 11.2. The van der Waals surface area contributed by atoms with E-state index < -0.39 is 6.10 Å². The van der Waals surface area contributed by atoms with Gasteiger partial charge in [0.2, 0.25) is 0 Å². The molecule has 0 fully saturated rings. The van der Waals surface area contributed by atoms with Crippen molar-refractivity contribution in [2.75, 3.05) is 13.7 Å². The molecule has 0 aliphatic carbocycles. The van der Waals surface area contributed by atoms with E-state index in [1.807, 2.05) is 13.8 Å².